The Bertz CT molecular complexity index is 484. The normalized spacial score (nSPS) is 11.3. The van der Waals surface area contributed by atoms with Gasteiger partial charge in [0.05, 0.1) is 12.2 Å². The van der Waals surface area contributed by atoms with Gasteiger partial charge in [0.2, 0.25) is 0 Å². The molecule has 0 heterocycles. The molecule has 0 saturated heterocycles. The lowest BCUT2D eigenvalue weighted by atomic mass is 10.1. The molecule has 1 aromatic rings. The fourth-order valence-electron chi connectivity index (χ4n) is 1.98. The molecule has 118 valence electrons. The van der Waals surface area contributed by atoms with E-state index < -0.39 is 17.8 Å². The van der Waals surface area contributed by atoms with Crippen LogP contribution in [-0.2, 0) is 6.18 Å². The topological polar surface area (TPSA) is 52.6 Å². The van der Waals surface area contributed by atoms with E-state index in [4.69, 9.17) is 5.11 Å². The molecule has 0 bridgehead atoms. The van der Waals surface area contributed by atoms with Crippen molar-refractivity contribution in [1.82, 2.24) is 4.90 Å². The van der Waals surface area contributed by atoms with E-state index in [2.05, 4.69) is 5.32 Å². The number of anilines is 1. The number of aliphatic hydroxyl groups excluding tert-OH is 1. The number of rotatable bonds is 5. The molecular formula is C14H19F3N2O2. The molecule has 0 fully saturated rings. The van der Waals surface area contributed by atoms with Crippen molar-refractivity contribution < 1.29 is 23.1 Å². The Labute approximate surface area is 121 Å². The monoisotopic (exact) mass is 304 g/mol. The second-order valence-corrected chi connectivity index (χ2v) is 4.62. The number of aliphatic hydroxyl groups is 1. The Hall–Kier alpha value is -1.76. The summed E-state index contributed by atoms with van der Waals surface area (Å²) in [5, 5.41) is 11.4. The van der Waals surface area contributed by atoms with Gasteiger partial charge in [0.1, 0.15) is 0 Å². The van der Waals surface area contributed by atoms with Gasteiger partial charge in [-0.3, -0.25) is 0 Å². The lowest BCUT2D eigenvalue weighted by Crippen LogP contribution is -2.37. The quantitative estimate of drug-likeness (QED) is 0.877. The van der Waals surface area contributed by atoms with Crippen LogP contribution in [0.4, 0.5) is 23.7 Å². The van der Waals surface area contributed by atoms with Gasteiger partial charge in [-0.1, -0.05) is 13.0 Å². The van der Waals surface area contributed by atoms with Gasteiger partial charge in [0.15, 0.2) is 0 Å². The number of hydrogen-bond donors (Lipinski definition) is 2. The molecule has 0 aliphatic carbocycles. The second-order valence-electron chi connectivity index (χ2n) is 4.62. The fraction of sp³-hybridized carbons (Fsp3) is 0.500. The number of amides is 2. The number of carbonyl (C=O) groups excluding carboxylic acids is 1. The average Bonchev–Trinajstić information content (AvgIpc) is 2.39. The molecule has 4 nitrogen and oxygen atoms in total. The molecule has 7 heteroatoms. The Kier molecular flexibility index (Phi) is 6.02. The van der Waals surface area contributed by atoms with Gasteiger partial charge in [0, 0.05) is 18.8 Å². The molecule has 0 saturated carbocycles. The number of alkyl halides is 3. The van der Waals surface area contributed by atoms with Crippen LogP contribution in [0.15, 0.2) is 18.2 Å². The third kappa shape index (κ3) is 4.63. The van der Waals surface area contributed by atoms with Crippen LogP contribution in [0.2, 0.25) is 0 Å². The lowest BCUT2D eigenvalue weighted by molar-refractivity contribution is -0.138. The van der Waals surface area contributed by atoms with Crippen LogP contribution in [0, 0.1) is 6.92 Å². The Morgan fingerprint density at radius 1 is 1.33 bits per heavy atom. The second kappa shape index (κ2) is 7.31. The van der Waals surface area contributed by atoms with Gasteiger partial charge in [-0.25, -0.2) is 4.79 Å². The van der Waals surface area contributed by atoms with E-state index in [1.165, 1.54) is 24.0 Å². The molecule has 1 rings (SSSR count). The number of benzene rings is 1. The Balaban J connectivity index is 2.95. The van der Waals surface area contributed by atoms with Crippen molar-refractivity contribution in [2.75, 3.05) is 25.0 Å². The predicted octanol–water partition coefficient (Wildman–Crippen LogP) is 3.25. The van der Waals surface area contributed by atoms with Crippen LogP contribution in [-0.4, -0.2) is 35.7 Å². The molecule has 0 spiro atoms. The Morgan fingerprint density at radius 2 is 2.00 bits per heavy atom. The summed E-state index contributed by atoms with van der Waals surface area (Å²) in [7, 11) is 0. The molecule has 2 N–H and O–H groups in total. The van der Waals surface area contributed by atoms with Gasteiger partial charge in [-0.2, -0.15) is 13.2 Å². The van der Waals surface area contributed by atoms with Crippen molar-refractivity contribution in [3.63, 3.8) is 0 Å². The average molecular weight is 304 g/mol. The number of hydrogen-bond acceptors (Lipinski definition) is 2. The third-order valence-electron chi connectivity index (χ3n) is 3.03. The number of urea groups is 1. The predicted molar refractivity (Wildman–Crippen MR) is 74.1 cm³/mol. The molecule has 0 atom stereocenters. The Morgan fingerprint density at radius 3 is 2.52 bits per heavy atom. The standard InChI is InChI=1S/C14H19F3N2O2/c1-3-7-19(8-9-20)13(21)18-12-6-4-5-11(10(12)2)14(15,16)17/h4-6,20H,3,7-9H2,1-2H3,(H,18,21). The van der Waals surface area contributed by atoms with E-state index >= 15 is 0 Å². The summed E-state index contributed by atoms with van der Waals surface area (Å²) in [5.74, 6) is 0. The minimum absolute atomic E-state index is 0.0289. The molecule has 0 aliphatic heterocycles. The highest BCUT2D eigenvalue weighted by Crippen LogP contribution is 2.34. The van der Waals surface area contributed by atoms with E-state index in [1.807, 2.05) is 6.92 Å². The van der Waals surface area contributed by atoms with Gasteiger partial charge >= 0.3 is 12.2 Å². The zero-order valence-electron chi connectivity index (χ0n) is 12.0. The van der Waals surface area contributed by atoms with Crippen LogP contribution in [0.25, 0.3) is 0 Å². The molecule has 21 heavy (non-hydrogen) atoms. The zero-order valence-corrected chi connectivity index (χ0v) is 12.0. The van der Waals surface area contributed by atoms with Crippen molar-refractivity contribution >= 4 is 11.7 Å². The van der Waals surface area contributed by atoms with Crippen LogP contribution in [0.1, 0.15) is 24.5 Å². The SMILES string of the molecule is CCCN(CCO)C(=O)Nc1cccc(C(F)(F)F)c1C. The fourth-order valence-corrected chi connectivity index (χ4v) is 1.98. The van der Waals surface area contributed by atoms with Crippen molar-refractivity contribution in [2.45, 2.75) is 26.4 Å². The molecule has 2 amide bonds. The highest BCUT2D eigenvalue weighted by Gasteiger charge is 2.33. The first kappa shape index (κ1) is 17.3. The summed E-state index contributed by atoms with van der Waals surface area (Å²) < 4.78 is 38.4. The minimum Gasteiger partial charge on any atom is -0.395 e. The van der Waals surface area contributed by atoms with E-state index in [0.717, 1.165) is 6.07 Å². The summed E-state index contributed by atoms with van der Waals surface area (Å²) in [6.45, 7) is 3.54. The van der Waals surface area contributed by atoms with E-state index in [0.29, 0.717) is 13.0 Å². The molecular weight excluding hydrogens is 285 g/mol. The molecule has 0 radical (unpaired) electrons. The van der Waals surface area contributed by atoms with E-state index in [1.54, 1.807) is 0 Å². The van der Waals surface area contributed by atoms with Crippen molar-refractivity contribution in [3.8, 4) is 0 Å². The van der Waals surface area contributed by atoms with Crippen molar-refractivity contribution in [2.24, 2.45) is 0 Å². The zero-order chi connectivity index (χ0) is 16.0. The summed E-state index contributed by atoms with van der Waals surface area (Å²) in [6.07, 6.45) is -3.77. The number of carbonyl (C=O) groups is 1. The first-order valence-corrected chi connectivity index (χ1v) is 6.64. The smallest absolute Gasteiger partial charge is 0.395 e. The van der Waals surface area contributed by atoms with Crippen molar-refractivity contribution in [1.29, 1.82) is 0 Å². The third-order valence-corrected chi connectivity index (χ3v) is 3.03. The van der Waals surface area contributed by atoms with Gasteiger partial charge in [0.25, 0.3) is 0 Å². The van der Waals surface area contributed by atoms with E-state index in [9.17, 15) is 18.0 Å². The maximum atomic E-state index is 12.8. The highest BCUT2D eigenvalue weighted by molar-refractivity contribution is 5.90. The first-order valence-electron chi connectivity index (χ1n) is 6.64. The van der Waals surface area contributed by atoms with E-state index in [-0.39, 0.29) is 24.4 Å². The van der Waals surface area contributed by atoms with Crippen molar-refractivity contribution in [3.05, 3.63) is 29.3 Å². The first-order chi connectivity index (χ1) is 9.81. The molecule has 0 aromatic heterocycles. The molecule has 1 aromatic carbocycles. The van der Waals surface area contributed by atoms with Crippen LogP contribution in [0.5, 0.6) is 0 Å². The summed E-state index contributed by atoms with van der Waals surface area (Å²) in [4.78, 5) is 13.4. The van der Waals surface area contributed by atoms with Gasteiger partial charge in [-0.15, -0.1) is 0 Å². The number of nitrogens with one attached hydrogen (secondary N) is 1. The maximum absolute atomic E-state index is 12.8. The van der Waals surface area contributed by atoms with Gasteiger partial charge in [-0.05, 0) is 31.0 Å². The van der Waals surface area contributed by atoms with Crippen LogP contribution in [0.3, 0.4) is 0 Å². The largest absolute Gasteiger partial charge is 0.416 e. The number of halogens is 3. The van der Waals surface area contributed by atoms with Crippen LogP contribution >= 0.6 is 0 Å². The molecule has 0 unspecified atom stereocenters. The highest BCUT2D eigenvalue weighted by atomic mass is 19.4. The number of nitrogens with zero attached hydrogens (tertiary/aromatic N) is 1. The molecule has 0 aliphatic rings. The minimum atomic E-state index is -4.46. The summed E-state index contributed by atoms with van der Waals surface area (Å²) >= 11 is 0. The van der Waals surface area contributed by atoms with Crippen LogP contribution < -0.4 is 5.32 Å². The van der Waals surface area contributed by atoms with Gasteiger partial charge < -0.3 is 15.3 Å². The lowest BCUT2D eigenvalue weighted by Gasteiger charge is -2.22. The maximum Gasteiger partial charge on any atom is 0.416 e. The summed E-state index contributed by atoms with van der Waals surface area (Å²) in [6, 6.07) is 3.13. The summed E-state index contributed by atoms with van der Waals surface area (Å²) in [5.41, 5.74) is -0.683.